The van der Waals surface area contributed by atoms with Crippen molar-refractivity contribution >= 4 is 28.9 Å². The second-order valence-corrected chi connectivity index (χ2v) is 5.75. The maximum atomic E-state index is 11.5. The van der Waals surface area contributed by atoms with Gasteiger partial charge in [0.15, 0.2) is 5.57 Å². The van der Waals surface area contributed by atoms with Gasteiger partial charge in [0, 0.05) is 33.1 Å². The molecule has 1 aliphatic rings. The predicted octanol–water partition coefficient (Wildman–Crippen LogP) is 2.25. The van der Waals surface area contributed by atoms with Gasteiger partial charge in [0.2, 0.25) is 5.91 Å². The lowest BCUT2D eigenvalue weighted by Gasteiger charge is -2.37. The number of hydrogen-bond donors (Lipinski definition) is 1. The summed E-state index contributed by atoms with van der Waals surface area (Å²) in [5.74, 6) is 0.0274. The number of anilines is 2. The molecule has 2 rings (SSSR count). The number of amides is 1. The topological polar surface area (TPSA) is 107 Å². The van der Waals surface area contributed by atoms with Crippen molar-refractivity contribution < 1.29 is 4.79 Å². The zero-order valence-corrected chi connectivity index (χ0v) is 14.3. The quantitative estimate of drug-likeness (QED) is 0.834. The van der Waals surface area contributed by atoms with E-state index >= 15 is 0 Å². The van der Waals surface area contributed by atoms with Gasteiger partial charge in [0.1, 0.15) is 23.9 Å². The van der Waals surface area contributed by atoms with Crippen LogP contribution in [0.25, 0.3) is 0 Å². The molecule has 8 heteroatoms. The molecule has 1 amide bonds. The number of para-hydroxylation sites is 1. The van der Waals surface area contributed by atoms with E-state index in [1.807, 2.05) is 11.0 Å². The third-order valence-electron chi connectivity index (χ3n) is 3.87. The summed E-state index contributed by atoms with van der Waals surface area (Å²) in [6.45, 7) is 3.86. The Bertz CT molecular complexity index is 818. The Morgan fingerprint density at radius 1 is 1.12 bits per heavy atom. The highest BCUT2D eigenvalue weighted by atomic mass is 35.5. The van der Waals surface area contributed by atoms with Gasteiger partial charge in [-0.05, 0) is 12.1 Å². The van der Waals surface area contributed by atoms with E-state index in [1.54, 1.807) is 35.2 Å². The third-order valence-corrected chi connectivity index (χ3v) is 4.18. The first-order valence-corrected chi connectivity index (χ1v) is 7.90. The standard InChI is InChI=1S/C17H15ClN6O/c1-12(25)23-5-7-24(8-6-23)17-14(18)3-2-4-15(17)22-16(11-21)13(9-19)10-20/h2-4,22H,5-8H2,1H3. The van der Waals surface area contributed by atoms with Gasteiger partial charge in [-0.25, -0.2) is 0 Å². The van der Waals surface area contributed by atoms with Gasteiger partial charge in [0.05, 0.1) is 16.4 Å². The van der Waals surface area contributed by atoms with Crippen LogP contribution in [-0.4, -0.2) is 37.0 Å². The summed E-state index contributed by atoms with van der Waals surface area (Å²) in [7, 11) is 0. The highest BCUT2D eigenvalue weighted by Crippen LogP contribution is 2.35. The zero-order chi connectivity index (χ0) is 18.4. The lowest BCUT2D eigenvalue weighted by Crippen LogP contribution is -2.48. The molecule has 0 aliphatic carbocycles. The minimum Gasteiger partial charge on any atom is -0.365 e. The Hall–Kier alpha value is -3.21. The number of halogens is 1. The molecule has 1 aromatic rings. The van der Waals surface area contributed by atoms with Crippen molar-refractivity contribution in [3.8, 4) is 18.2 Å². The fraction of sp³-hybridized carbons (Fsp3) is 0.294. The molecule has 25 heavy (non-hydrogen) atoms. The normalized spacial score (nSPS) is 13.2. The predicted molar refractivity (Wildman–Crippen MR) is 93.4 cm³/mol. The molecular weight excluding hydrogens is 340 g/mol. The molecule has 0 radical (unpaired) electrons. The van der Waals surface area contributed by atoms with Crippen LogP contribution >= 0.6 is 11.6 Å². The minimum absolute atomic E-state index is 0.0274. The summed E-state index contributed by atoms with van der Waals surface area (Å²) < 4.78 is 0. The third kappa shape index (κ3) is 4.01. The number of nitriles is 3. The minimum atomic E-state index is -0.296. The number of nitrogens with zero attached hydrogens (tertiary/aromatic N) is 5. The van der Waals surface area contributed by atoms with E-state index in [1.165, 1.54) is 6.92 Å². The van der Waals surface area contributed by atoms with E-state index in [9.17, 15) is 10.1 Å². The van der Waals surface area contributed by atoms with Gasteiger partial charge >= 0.3 is 0 Å². The lowest BCUT2D eigenvalue weighted by atomic mass is 10.2. The second kappa shape index (κ2) is 8.06. The Morgan fingerprint density at radius 2 is 1.76 bits per heavy atom. The fourth-order valence-electron chi connectivity index (χ4n) is 2.60. The molecule has 0 atom stereocenters. The molecule has 0 aromatic heterocycles. The van der Waals surface area contributed by atoms with Crippen LogP contribution in [0.5, 0.6) is 0 Å². The number of carbonyl (C=O) groups excluding carboxylic acids is 1. The van der Waals surface area contributed by atoms with E-state index in [4.69, 9.17) is 22.1 Å². The number of carbonyl (C=O) groups is 1. The van der Waals surface area contributed by atoms with Crippen molar-refractivity contribution in [2.75, 3.05) is 36.4 Å². The Labute approximate surface area is 150 Å². The number of allylic oxidation sites excluding steroid dienone is 2. The first kappa shape index (κ1) is 18.1. The summed E-state index contributed by atoms with van der Waals surface area (Å²) in [6.07, 6.45) is 0. The Balaban J connectivity index is 2.34. The van der Waals surface area contributed by atoms with E-state index in [2.05, 4.69) is 5.32 Å². The van der Waals surface area contributed by atoms with Crippen LogP contribution in [-0.2, 0) is 4.79 Å². The van der Waals surface area contributed by atoms with Crippen LogP contribution in [0.4, 0.5) is 11.4 Å². The van der Waals surface area contributed by atoms with Crippen molar-refractivity contribution in [2.24, 2.45) is 0 Å². The van der Waals surface area contributed by atoms with E-state index in [-0.39, 0.29) is 17.2 Å². The molecule has 1 aromatic carbocycles. The largest absolute Gasteiger partial charge is 0.365 e. The maximum absolute atomic E-state index is 11.5. The molecule has 1 N–H and O–H groups in total. The number of nitrogens with one attached hydrogen (secondary N) is 1. The molecule has 7 nitrogen and oxygen atoms in total. The van der Waals surface area contributed by atoms with E-state index in [0.29, 0.717) is 42.6 Å². The van der Waals surface area contributed by atoms with Crippen LogP contribution in [0.3, 0.4) is 0 Å². The molecule has 1 fully saturated rings. The Kier molecular flexibility index (Phi) is 5.84. The van der Waals surface area contributed by atoms with Gasteiger partial charge in [-0.3, -0.25) is 4.79 Å². The Morgan fingerprint density at radius 3 is 2.28 bits per heavy atom. The second-order valence-electron chi connectivity index (χ2n) is 5.34. The number of piperazine rings is 1. The van der Waals surface area contributed by atoms with Gasteiger partial charge in [-0.2, -0.15) is 15.8 Å². The number of rotatable bonds is 3. The molecule has 1 aliphatic heterocycles. The van der Waals surface area contributed by atoms with Crippen molar-refractivity contribution in [3.63, 3.8) is 0 Å². The summed E-state index contributed by atoms with van der Waals surface area (Å²) in [5, 5.41) is 30.5. The van der Waals surface area contributed by atoms with Crippen molar-refractivity contribution in [2.45, 2.75) is 6.92 Å². The number of hydrogen-bond acceptors (Lipinski definition) is 6. The van der Waals surface area contributed by atoms with Crippen molar-refractivity contribution in [3.05, 3.63) is 34.5 Å². The van der Waals surface area contributed by atoms with Crippen molar-refractivity contribution in [1.82, 2.24) is 4.90 Å². The summed E-state index contributed by atoms with van der Waals surface area (Å²) in [5.41, 5.74) is 0.782. The molecule has 126 valence electrons. The molecule has 0 unspecified atom stereocenters. The smallest absolute Gasteiger partial charge is 0.219 e. The van der Waals surface area contributed by atoms with Crippen LogP contribution < -0.4 is 10.2 Å². The van der Waals surface area contributed by atoms with Crippen LogP contribution in [0.1, 0.15) is 6.92 Å². The van der Waals surface area contributed by atoms with Crippen molar-refractivity contribution in [1.29, 1.82) is 15.8 Å². The van der Waals surface area contributed by atoms with E-state index in [0.717, 1.165) is 0 Å². The SMILES string of the molecule is CC(=O)N1CCN(c2c(Cl)cccc2NC(C#N)=C(C#N)C#N)CC1. The highest BCUT2D eigenvalue weighted by molar-refractivity contribution is 6.34. The molecule has 0 spiro atoms. The first-order valence-electron chi connectivity index (χ1n) is 7.52. The van der Waals surface area contributed by atoms with Gasteiger partial charge in [-0.15, -0.1) is 0 Å². The maximum Gasteiger partial charge on any atom is 0.219 e. The monoisotopic (exact) mass is 354 g/mol. The summed E-state index contributed by atoms with van der Waals surface area (Å²) in [4.78, 5) is 15.2. The molecular formula is C17H15ClN6O. The lowest BCUT2D eigenvalue weighted by molar-refractivity contribution is -0.129. The molecule has 1 saturated heterocycles. The highest BCUT2D eigenvalue weighted by Gasteiger charge is 2.23. The van der Waals surface area contributed by atoms with Crippen LogP contribution in [0, 0.1) is 34.0 Å². The molecule has 0 saturated carbocycles. The average molecular weight is 355 g/mol. The summed E-state index contributed by atoms with van der Waals surface area (Å²) in [6, 6.07) is 10.4. The average Bonchev–Trinajstić information content (AvgIpc) is 2.62. The molecule has 1 heterocycles. The summed E-state index contributed by atoms with van der Waals surface area (Å²) >= 11 is 6.34. The van der Waals surface area contributed by atoms with Gasteiger partial charge in [-0.1, -0.05) is 17.7 Å². The zero-order valence-electron chi connectivity index (χ0n) is 13.6. The van der Waals surface area contributed by atoms with Gasteiger partial charge in [0.25, 0.3) is 0 Å². The number of benzene rings is 1. The first-order chi connectivity index (χ1) is 12.0. The van der Waals surface area contributed by atoms with E-state index < -0.39 is 0 Å². The fourth-order valence-corrected chi connectivity index (χ4v) is 2.89. The van der Waals surface area contributed by atoms with Crippen LogP contribution in [0.15, 0.2) is 29.5 Å². The molecule has 0 bridgehead atoms. The van der Waals surface area contributed by atoms with Crippen LogP contribution in [0.2, 0.25) is 5.02 Å². The van der Waals surface area contributed by atoms with Gasteiger partial charge < -0.3 is 15.1 Å².